The Kier molecular flexibility index (Phi) is 5.28. The second-order valence-corrected chi connectivity index (χ2v) is 7.60. The van der Waals surface area contributed by atoms with E-state index in [1.54, 1.807) is 28.1 Å². The zero-order valence-corrected chi connectivity index (χ0v) is 16.8. The van der Waals surface area contributed by atoms with Gasteiger partial charge in [0.1, 0.15) is 5.69 Å². The van der Waals surface area contributed by atoms with E-state index in [0.29, 0.717) is 36.1 Å². The number of rotatable bonds is 6. The number of hydrogen-bond acceptors (Lipinski definition) is 7. The highest BCUT2D eigenvalue weighted by molar-refractivity contribution is 7.15. The van der Waals surface area contributed by atoms with E-state index in [9.17, 15) is 9.90 Å². The van der Waals surface area contributed by atoms with Crippen LogP contribution in [0, 0.1) is 6.92 Å². The molecule has 4 heterocycles. The molecule has 0 saturated heterocycles. The van der Waals surface area contributed by atoms with Crippen LogP contribution in [-0.2, 0) is 4.74 Å². The monoisotopic (exact) mass is 412 g/mol. The van der Waals surface area contributed by atoms with Crippen molar-refractivity contribution in [3.05, 3.63) is 56.2 Å². The Labute approximate surface area is 169 Å². The molecule has 4 aromatic heterocycles. The molecule has 29 heavy (non-hydrogen) atoms. The highest BCUT2D eigenvalue weighted by Crippen LogP contribution is 2.25. The van der Waals surface area contributed by atoms with Crippen LogP contribution in [0.1, 0.15) is 17.5 Å². The van der Waals surface area contributed by atoms with E-state index < -0.39 is 5.69 Å². The standard InChI is InChI=1S/C19H20N6O3S/c1-3-28-7-6-20-16-9-13(15-5-4-11(2)29-15)22-17-12(10-21-25(16)17)8-14-18(26)24-19(27)23-14/h4-5,8-10,26H,3,6-7H2,1-2H3,(H2,23,24,27). The van der Waals surface area contributed by atoms with Crippen molar-refractivity contribution in [1.82, 2.24) is 24.6 Å². The lowest BCUT2D eigenvalue weighted by atomic mass is 10.3. The number of thiophene rings is 1. The maximum atomic E-state index is 11.4. The second kappa shape index (κ2) is 8.02. The van der Waals surface area contributed by atoms with Crippen LogP contribution in [0.5, 0.6) is 5.88 Å². The normalized spacial score (nSPS) is 13.0. The van der Waals surface area contributed by atoms with Crippen molar-refractivity contribution in [3.63, 3.8) is 0 Å². The van der Waals surface area contributed by atoms with Crippen LogP contribution in [-0.4, -0.2) is 49.4 Å². The number of ether oxygens (including phenoxy) is 1. The molecule has 0 saturated carbocycles. The Bertz CT molecular complexity index is 1330. The van der Waals surface area contributed by atoms with Gasteiger partial charge in [-0.25, -0.2) is 9.78 Å². The Morgan fingerprint density at radius 3 is 2.93 bits per heavy atom. The molecule has 4 rings (SSSR count). The van der Waals surface area contributed by atoms with Crippen LogP contribution >= 0.6 is 11.3 Å². The van der Waals surface area contributed by atoms with E-state index >= 15 is 0 Å². The number of aryl methyl sites for hydroxylation is 1. The predicted octanol–water partition coefficient (Wildman–Crippen LogP) is 0.973. The number of aromatic amines is 2. The zero-order valence-electron chi connectivity index (χ0n) is 16.0. The van der Waals surface area contributed by atoms with Crippen molar-refractivity contribution in [2.75, 3.05) is 19.8 Å². The molecule has 0 unspecified atom stereocenters. The molecule has 0 aromatic carbocycles. The number of H-pyrrole nitrogens is 2. The van der Waals surface area contributed by atoms with Crippen LogP contribution < -0.4 is 16.4 Å². The largest absolute Gasteiger partial charge is 0.493 e. The van der Waals surface area contributed by atoms with Gasteiger partial charge in [0.05, 0.1) is 29.9 Å². The summed E-state index contributed by atoms with van der Waals surface area (Å²) in [6, 6.07) is 5.97. The van der Waals surface area contributed by atoms with Gasteiger partial charge in [0, 0.05) is 22.8 Å². The van der Waals surface area contributed by atoms with Crippen LogP contribution in [0.3, 0.4) is 0 Å². The summed E-state index contributed by atoms with van der Waals surface area (Å²) in [6.45, 7) is 5.65. The average molecular weight is 412 g/mol. The summed E-state index contributed by atoms with van der Waals surface area (Å²) >= 11 is 1.65. The molecule has 0 fully saturated rings. The number of fused-ring (bicyclic) bond motifs is 1. The summed E-state index contributed by atoms with van der Waals surface area (Å²) in [5.74, 6) is -0.235. The number of aromatic hydroxyl groups is 1. The van der Waals surface area contributed by atoms with Gasteiger partial charge in [-0.2, -0.15) is 9.61 Å². The van der Waals surface area contributed by atoms with Gasteiger partial charge in [0.15, 0.2) is 11.1 Å². The highest BCUT2D eigenvalue weighted by atomic mass is 32.1. The average Bonchev–Trinajstić information content (AvgIpc) is 3.38. The minimum absolute atomic E-state index is 0.235. The van der Waals surface area contributed by atoms with Crippen molar-refractivity contribution in [2.45, 2.75) is 13.8 Å². The van der Waals surface area contributed by atoms with Crippen LogP contribution in [0.25, 0.3) is 22.3 Å². The number of hydrogen-bond donors (Lipinski definition) is 3. The highest BCUT2D eigenvalue weighted by Gasteiger charge is 2.10. The van der Waals surface area contributed by atoms with E-state index in [1.165, 1.54) is 4.88 Å². The fourth-order valence-corrected chi connectivity index (χ4v) is 3.72. The molecule has 0 aliphatic rings. The summed E-state index contributed by atoms with van der Waals surface area (Å²) in [5.41, 5.74) is 1.79. The molecule has 4 aromatic rings. The number of imidazole rings is 1. The first kappa shape index (κ1) is 19.1. The number of nitrogens with one attached hydrogen (secondary N) is 2. The third kappa shape index (κ3) is 3.98. The van der Waals surface area contributed by atoms with Crippen LogP contribution in [0.2, 0.25) is 0 Å². The smallest absolute Gasteiger partial charge is 0.326 e. The van der Waals surface area contributed by atoms with E-state index in [-0.39, 0.29) is 11.6 Å². The Hall–Kier alpha value is -3.24. The Morgan fingerprint density at radius 2 is 2.24 bits per heavy atom. The van der Waals surface area contributed by atoms with Gasteiger partial charge in [-0.3, -0.25) is 9.98 Å². The first-order chi connectivity index (χ1) is 14.0. The van der Waals surface area contributed by atoms with Crippen molar-refractivity contribution < 1.29 is 9.84 Å². The molecular formula is C19H20N6O3S. The van der Waals surface area contributed by atoms with Gasteiger partial charge in [-0.05, 0) is 32.1 Å². The Balaban J connectivity index is 1.91. The lowest BCUT2D eigenvalue weighted by molar-refractivity contribution is 0.155. The summed E-state index contributed by atoms with van der Waals surface area (Å²) in [6.07, 6.45) is 3.24. The Morgan fingerprint density at radius 1 is 1.38 bits per heavy atom. The molecule has 0 aliphatic heterocycles. The molecule has 0 bridgehead atoms. The van der Waals surface area contributed by atoms with Crippen molar-refractivity contribution in [3.8, 4) is 16.5 Å². The third-order valence-electron chi connectivity index (χ3n) is 4.22. The molecular weight excluding hydrogens is 392 g/mol. The van der Waals surface area contributed by atoms with Gasteiger partial charge in [-0.15, -0.1) is 11.3 Å². The molecule has 0 spiro atoms. The molecule has 0 amide bonds. The molecule has 0 aliphatic carbocycles. The van der Waals surface area contributed by atoms with Crippen LogP contribution in [0.15, 0.2) is 34.2 Å². The van der Waals surface area contributed by atoms with E-state index in [1.807, 2.05) is 32.0 Å². The summed E-state index contributed by atoms with van der Waals surface area (Å²) in [4.78, 5) is 27.8. The van der Waals surface area contributed by atoms with Gasteiger partial charge in [-0.1, -0.05) is 0 Å². The lowest BCUT2D eigenvalue weighted by Gasteiger charge is -2.01. The fourth-order valence-electron chi connectivity index (χ4n) is 2.89. The first-order valence-electron chi connectivity index (χ1n) is 9.12. The predicted molar refractivity (Wildman–Crippen MR) is 110 cm³/mol. The third-order valence-corrected chi connectivity index (χ3v) is 5.24. The van der Waals surface area contributed by atoms with E-state index in [0.717, 1.165) is 10.6 Å². The van der Waals surface area contributed by atoms with Gasteiger partial charge < -0.3 is 14.8 Å². The van der Waals surface area contributed by atoms with Gasteiger partial charge >= 0.3 is 5.69 Å². The molecule has 9 nitrogen and oxygen atoms in total. The minimum atomic E-state index is -0.487. The quantitative estimate of drug-likeness (QED) is 0.408. The number of aromatic nitrogens is 5. The van der Waals surface area contributed by atoms with Gasteiger partial charge in [0.2, 0.25) is 5.88 Å². The minimum Gasteiger partial charge on any atom is -0.493 e. The van der Waals surface area contributed by atoms with E-state index in [4.69, 9.17) is 9.72 Å². The zero-order chi connectivity index (χ0) is 20.4. The van der Waals surface area contributed by atoms with Crippen molar-refractivity contribution in [1.29, 1.82) is 0 Å². The molecule has 3 N–H and O–H groups in total. The molecule has 0 radical (unpaired) electrons. The SMILES string of the molecule is CCOCCN=c1cc(-c2ccc(C)s2)nc2c(=Cc3[nH]c(=O)[nH]c3O)cnn12. The maximum absolute atomic E-state index is 11.4. The molecule has 0 atom stereocenters. The number of nitrogens with zero attached hydrogens (tertiary/aromatic N) is 4. The lowest BCUT2D eigenvalue weighted by Crippen LogP contribution is -2.19. The maximum Gasteiger partial charge on any atom is 0.326 e. The van der Waals surface area contributed by atoms with Crippen molar-refractivity contribution >= 4 is 23.1 Å². The van der Waals surface area contributed by atoms with Gasteiger partial charge in [0.25, 0.3) is 0 Å². The second-order valence-electron chi connectivity index (χ2n) is 6.31. The summed E-state index contributed by atoms with van der Waals surface area (Å²) in [7, 11) is 0. The molecule has 150 valence electrons. The van der Waals surface area contributed by atoms with Crippen molar-refractivity contribution in [2.24, 2.45) is 4.99 Å². The fraction of sp³-hybridized carbons (Fsp3) is 0.263. The summed E-state index contributed by atoms with van der Waals surface area (Å²) in [5, 5.41) is 14.9. The first-order valence-corrected chi connectivity index (χ1v) is 9.93. The molecule has 10 heteroatoms. The van der Waals surface area contributed by atoms with E-state index in [2.05, 4.69) is 20.1 Å². The summed E-state index contributed by atoms with van der Waals surface area (Å²) < 4.78 is 7.02. The topological polar surface area (TPSA) is 121 Å². The van der Waals surface area contributed by atoms with Crippen LogP contribution in [0.4, 0.5) is 0 Å².